The molecule has 0 spiro atoms. The van der Waals surface area contributed by atoms with Gasteiger partial charge in [-0.1, -0.05) is 30.3 Å². The second kappa shape index (κ2) is 12.3. The van der Waals surface area contributed by atoms with E-state index in [-0.39, 0.29) is 30.5 Å². The Morgan fingerprint density at radius 1 is 1.07 bits per heavy atom. The highest BCUT2D eigenvalue weighted by Crippen LogP contribution is 2.33. The Balaban J connectivity index is 2.06. The van der Waals surface area contributed by atoms with E-state index in [0.29, 0.717) is 30.4 Å². The van der Waals surface area contributed by atoms with Crippen LogP contribution in [0.5, 0.6) is 11.5 Å². The van der Waals surface area contributed by atoms with E-state index in [1.54, 1.807) is 37.3 Å². The van der Waals surface area contributed by atoms with Gasteiger partial charge in [0.2, 0.25) is 5.91 Å². The van der Waals surface area contributed by atoms with Crippen molar-refractivity contribution in [1.29, 1.82) is 0 Å². The molecule has 7 nitrogen and oxygen atoms in total. The zero-order valence-corrected chi connectivity index (χ0v) is 17.0. The normalized spacial score (nSPS) is 11.2. The molecule has 0 fully saturated rings. The Labute approximate surface area is 174 Å². The minimum absolute atomic E-state index is 0.0138. The summed E-state index contributed by atoms with van der Waals surface area (Å²) in [5.41, 5.74) is 1.12. The summed E-state index contributed by atoms with van der Waals surface area (Å²) in [6.45, 7) is 1.56. The molecule has 0 aliphatic carbocycles. The van der Waals surface area contributed by atoms with E-state index in [4.69, 9.17) is 4.74 Å². The first-order valence-electron chi connectivity index (χ1n) is 9.60. The number of hydrogen-bond acceptors (Lipinski definition) is 4. The highest BCUT2D eigenvalue weighted by molar-refractivity contribution is 5.94. The van der Waals surface area contributed by atoms with E-state index < -0.39 is 6.61 Å². The molecular formula is C21H26F2N4O3. The summed E-state index contributed by atoms with van der Waals surface area (Å²) in [7, 11) is 0. The lowest BCUT2D eigenvalue weighted by molar-refractivity contribution is -0.115. The molecule has 9 heteroatoms. The number of carbonyl (C=O) groups excluding carboxylic acids is 1. The lowest BCUT2D eigenvalue weighted by Gasteiger charge is -2.15. The van der Waals surface area contributed by atoms with Gasteiger partial charge >= 0.3 is 6.61 Å². The number of alkyl halides is 2. The Bertz CT molecular complexity index is 832. The smallest absolute Gasteiger partial charge is 0.387 e. The number of benzene rings is 2. The quantitative estimate of drug-likeness (QED) is 0.405. The van der Waals surface area contributed by atoms with Gasteiger partial charge in [0.1, 0.15) is 0 Å². The molecule has 0 aromatic heterocycles. The minimum atomic E-state index is -2.98. The van der Waals surface area contributed by atoms with Crippen LogP contribution in [0.1, 0.15) is 19.4 Å². The molecule has 0 atom stereocenters. The van der Waals surface area contributed by atoms with Gasteiger partial charge in [0.05, 0.1) is 19.7 Å². The number of nitrogens with zero attached hydrogens (tertiary/aromatic N) is 1. The van der Waals surface area contributed by atoms with E-state index in [1.807, 2.05) is 25.1 Å². The molecule has 1 amide bonds. The van der Waals surface area contributed by atoms with E-state index in [1.165, 1.54) is 0 Å². The summed E-state index contributed by atoms with van der Waals surface area (Å²) < 4.78 is 35.7. The van der Waals surface area contributed by atoms with Crippen molar-refractivity contribution < 1.29 is 23.0 Å². The highest BCUT2D eigenvalue weighted by Gasteiger charge is 2.15. The molecule has 2 aromatic rings. The van der Waals surface area contributed by atoms with Gasteiger partial charge in [-0.3, -0.25) is 4.79 Å². The van der Waals surface area contributed by atoms with Gasteiger partial charge in [0, 0.05) is 17.8 Å². The number of ether oxygens (including phenoxy) is 2. The van der Waals surface area contributed by atoms with Crippen molar-refractivity contribution in [3.05, 3.63) is 54.1 Å². The maximum Gasteiger partial charge on any atom is 0.387 e. The maximum absolute atomic E-state index is 12.8. The van der Waals surface area contributed by atoms with Crippen molar-refractivity contribution in [1.82, 2.24) is 10.6 Å². The van der Waals surface area contributed by atoms with Crippen molar-refractivity contribution >= 4 is 17.6 Å². The molecular weight excluding hydrogens is 394 g/mol. The van der Waals surface area contributed by atoms with Crippen LogP contribution in [0.4, 0.5) is 14.5 Å². The van der Waals surface area contributed by atoms with Gasteiger partial charge in [0.25, 0.3) is 0 Å². The summed E-state index contributed by atoms with van der Waals surface area (Å²) in [5.74, 6) is 0.304. The molecule has 2 rings (SSSR count). The van der Waals surface area contributed by atoms with Crippen LogP contribution in [-0.4, -0.2) is 38.2 Å². The zero-order valence-electron chi connectivity index (χ0n) is 17.0. The largest absolute Gasteiger partial charge is 0.490 e. The summed E-state index contributed by atoms with van der Waals surface area (Å²) in [5, 5.41) is 8.69. The lowest BCUT2D eigenvalue weighted by atomic mass is 10.2. The molecule has 30 heavy (non-hydrogen) atoms. The average molecular weight is 420 g/mol. The number of nitrogens with one attached hydrogen (secondary N) is 3. The molecule has 0 unspecified atom stereocenters. The molecule has 0 saturated heterocycles. The van der Waals surface area contributed by atoms with Crippen LogP contribution in [-0.2, 0) is 11.3 Å². The number of anilines is 1. The summed E-state index contributed by atoms with van der Waals surface area (Å²) in [6, 6.07) is 14.0. The molecule has 162 valence electrons. The second-order valence-electron chi connectivity index (χ2n) is 6.02. The number of rotatable bonds is 10. The zero-order chi connectivity index (χ0) is 21.8. The van der Waals surface area contributed by atoms with Crippen LogP contribution >= 0.6 is 0 Å². The number of guanidine groups is 1. The molecule has 2 aromatic carbocycles. The van der Waals surface area contributed by atoms with Gasteiger partial charge in [-0.2, -0.15) is 8.78 Å². The fourth-order valence-electron chi connectivity index (χ4n) is 2.57. The van der Waals surface area contributed by atoms with Crippen LogP contribution < -0.4 is 25.4 Å². The fraction of sp³-hybridized carbons (Fsp3) is 0.333. The molecule has 0 aliphatic heterocycles. The Kier molecular flexibility index (Phi) is 9.36. The molecule has 0 bridgehead atoms. The number of para-hydroxylation sites is 2. The topological polar surface area (TPSA) is 84.0 Å². The third-order valence-corrected chi connectivity index (χ3v) is 3.79. The molecule has 3 N–H and O–H groups in total. The van der Waals surface area contributed by atoms with Crippen LogP contribution in [0, 0.1) is 0 Å². The second-order valence-corrected chi connectivity index (χ2v) is 6.02. The minimum Gasteiger partial charge on any atom is -0.490 e. The Morgan fingerprint density at radius 3 is 2.50 bits per heavy atom. The average Bonchev–Trinajstić information content (AvgIpc) is 2.72. The van der Waals surface area contributed by atoms with Crippen LogP contribution in [0.2, 0.25) is 0 Å². The monoisotopic (exact) mass is 420 g/mol. The van der Waals surface area contributed by atoms with Crippen molar-refractivity contribution in [2.45, 2.75) is 27.0 Å². The number of amides is 1. The molecule has 0 radical (unpaired) electrons. The first-order valence-corrected chi connectivity index (χ1v) is 9.60. The van der Waals surface area contributed by atoms with Crippen LogP contribution in [0.15, 0.2) is 53.5 Å². The van der Waals surface area contributed by atoms with Gasteiger partial charge in [-0.25, -0.2) is 4.99 Å². The van der Waals surface area contributed by atoms with Crippen LogP contribution in [0.3, 0.4) is 0 Å². The summed E-state index contributed by atoms with van der Waals surface area (Å²) in [4.78, 5) is 16.5. The standard InChI is InChI=1S/C21H26F2N4O3/c1-3-24-21(26-14-18(28)27-16-10-6-5-7-11-16)25-13-15-9-8-12-17(29-4-2)19(15)30-20(22)23/h5-12,20H,3-4,13-14H2,1-2H3,(H,27,28)(H2,24,25,26). The first-order chi connectivity index (χ1) is 14.5. The Morgan fingerprint density at radius 2 is 1.83 bits per heavy atom. The van der Waals surface area contributed by atoms with Gasteiger partial charge in [-0.15, -0.1) is 0 Å². The Hall–Kier alpha value is -3.36. The summed E-state index contributed by atoms with van der Waals surface area (Å²) >= 11 is 0. The SMILES string of the molecule is CCNC(=NCc1cccc(OCC)c1OC(F)F)NCC(=O)Nc1ccccc1. The van der Waals surface area contributed by atoms with Crippen molar-refractivity contribution in [3.8, 4) is 11.5 Å². The van der Waals surface area contributed by atoms with E-state index in [0.717, 1.165) is 0 Å². The number of halogens is 2. The van der Waals surface area contributed by atoms with Gasteiger partial charge < -0.3 is 25.4 Å². The lowest BCUT2D eigenvalue weighted by Crippen LogP contribution is -2.41. The van der Waals surface area contributed by atoms with Crippen molar-refractivity contribution in [2.24, 2.45) is 4.99 Å². The summed E-state index contributed by atoms with van der Waals surface area (Å²) in [6.07, 6.45) is 0. The third-order valence-electron chi connectivity index (χ3n) is 3.79. The number of aliphatic imine (C=N–C) groups is 1. The van der Waals surface area contributed by atoms with Crippen LogP contribution in [0.25, 0.3) is 0 Å². The van der Waals surface area contributed by atoms with Crippen molar-refractivity contribution in [2.75, 3.05) is 25.0 Å². The number of hydrogen-bond donors (Lipinski definition) is 3. The van der Waals surface area contributed by atoms with E-state index in [9.17, 15) is 13.6 Å². The maximum atomic E-state index is 12.8. The first kappa shape index (κ1) is 22.9. The highest BCUT2D eigenvalue weighted by atomic mass is 19.3. The van der Waals surface area contributed by atoms with Crippen molar-refractivity contribution in [3.63, 3.8) is 0 Å². The predicted octanol–water partition coefficient (Wildman–Crippen LogP) is 3.38. The number of carbonyl (C=O) groups is 1. The molecule has 0 aliphatic rings. The van der Waals surface area contributed by atoms with E-state index >= 15 is 0 Å². The predicted molar refractivity (Wildman–Crippen MR) is 112 cm³/mol. The van der Waals surface area contributed by atoms with Gasteiger partial charge in [0.15, 0.2) is 17.5 Å². The van der Waals surface area contributed by atoms with Gasteiger partial charge in [-0.05, 0) is 32.0 Å². The molecule has 0 saturated carbocycles. The third kappa shape index (κ3) is 7.57. The van der Waals surface area contributed by atoms with E-state index in [2.05, 4.69) is 25.7 Å². The fourth-order valence-corrected chi connectivity index (χ4v) is 2.57. The molecule has 0 heterocycles.